The van der Waals surface area contributed by atoms with Gasteiger partial charge in [-0.3, -0.25) is 4.79 Å². The zero-order chi connectivity index (χ0) is 27.3. The van der Waals surface area contributed by atoms with Gasteiger partial charge in [0, 0.05) is 24.1 Å². The van der Waals surface area contributed by atoms with Gasteiger partial charge in [-0.2, -0.15) is 0 Å². The first kappa shape index (κ1) is 26.0. The highest BCUT2D eigenvalue weighted by molar-refractivity contribution is 5.94. The van der Waals surface area contributed by atoms with Crippen LogP contribution in [0.25, 0.3) is 11.0 Å². The Balaban J connectivity index is 1.19. The predicted molar refractivity (Wildman–Crippen MR) is 152 cm³/mol. The van der Waals surface area contributed by atoms with Crippen molar-refractivity contribution in [3.05, 3.63) is 137 Å². The Labute approximate surface area is 233 Å². The predicted octanol–water partition coefficient (Wildman–Crippen LogP) is 5.70. The summed E-state index contributed by atoms with van der Waals surface area (Å²) in [4.78, 5) is 17.0. The number of hydrogen-bond donors (Lipinski definition) is 2. The van der Waals surface area contributed by atoms with Crippen LogP contribution in [0.4, 0.5) is 0 Å². The second kappa shape index (κ2) is 11.8. The quantitative estimate of drug-likeness (QED) is 0.267. The second-order valence-corrected chi connectivity index (χ2v) is 10.0. The van der Waals surface area contributed by atoms with E-state index in [0.717, 1.165) is 33.3 Å². The lowest BCUT2D eigenvalue weighted by Crippen LogP contribution is -2.32. The normalized spacial score (nSPS) is 19.0. The van der Waals surface area contributed by atoms with E-state index in [9.17, 15) is 9.90 Å². The summed E-state index contributed by atoms with van der Waals surface area (Å²) < 4.78 is 15.1. The van der Waals surface area contributed by atoms with Gasteiger partial charge in [-0.1, -0.05) is 78.9 Å². The zero-order valence-electron chi connectivity index (χ0n) is 22.0. The van der Waals surface area contributed by atoms with E-state index in [4.69, 9.17) is 9.47 Å². The Morgan fingerprint density at radius 3 is 2.33 bits per heavy atom. The molecule has 0 bridgehead atoms. The summed E-state index contributed by atoms with van der Waals surface area (Å²) in [6, 6.07) is 33.1. The van der Waals surface area contributed by atoms with Crippen molar-refractivity contribution in [3.8, 4) is 0 Å². The van der Waals surface area contributed by atoms with E-state index in [-0.39, 0.29) is 24.7 Å². The van der Waals surface area contributed by atoms with E-state index >= 15 is 0 Å². The minimum absolute atomic E-state index is 0.00597. The second-order valence-electron chi connectivity index (χ2n) is 10.0. The number of aliphatic hydroxyl groups excluding tert-OH is 1. The number of aliphatic hydroxyl groups is 1. The number of hydrogen-bond acceptors (Lipinski definition) is 5. The first-order valence-corrected chi connectivity index (χ1v) is 13.5. The van der Waals surface area contributed by atoms with Crippen LogP contribution in [-0.4, -0.2) is 26.7 Å². The number of aromatic nitrogens is 2. The SMILES string of the molecule is O=C(NCc1ccc([C@H]2O[C@@H](Cn3cnc4ccccc43)C[C@@H](c3ccc(CO)cc3)O2)cc1)c1ccccc1. The monoisotopic (exact) mass is 533 g/mol. The van der Waals surface area contributed by atoms with E-state index in [1.165, 1.54) is 0 Å². The van der Waals surface area contributed by atoms with Crippen molar-refractivity contribution in [1.82, 2.24) is 14.9 Å². The summed E-state index contributed by atoms with van der Waals surface area (Å²) in [5, 5.41) is 12.4. The molecule has 3 atom stereocenters. The molecule has 7 heteroatoms. The fourth-order valence-electron chi connectivity index (χ4n) is 5.07. The fourth-order valence-corrected chi connectivity index (χ4v) is 5.07. The smallest absolute Gasteiger partial charge is 0.251 e. The molecule has 1 aliphatic heterocycles. The molecular weight excluding hydrogens is 502 g/mol. The van der Waals surface area contributed by atoms with Crippen LogP contribution < -0.4 is 5.32 Å². The van der Waals surface area contributed by atoms with Gasteiger partial charge >= 0.3 is 0 Å². The van der Waals surface area contributed by atoms with Gasteiger partial charge in [0.15, 0.2) is 6.29 Å². The molecule has 2 N–H and O–H groups in total. The Morgan fingerprint density at radius 1 is 0.850 bits per heavy atom. The van der Waals surface area contributed by atoms with Gasteiger partial charge in [0.1, 0.15) is 0 Å². The average molecular weight is 534 g/mol. The summed E-state index contributed by atoms with van der Waals surface area (Å²) in [5.74, 6) is -0.103. The van der Waals surface area contributed by atoms with Gasteiger partial charge in [-0.05, 0) is 41.0 Å². The molecule has 202 valence electrons. The molecule has 7 nitrogen and oxygen atoms in total. The van der Waals surface area contributed by atoms with Crippen LogP contribution in [0.1, 0.15) is 51.4 Å². The molecule has 1 fully saturated rings. The van der Waals surface area contributed by atoms with Gasteiger partial charge in [-0.15, -0.1) is 0 Å². The Morgan fingerprint density at radius 2 is 1.55 bits per heavy atom. The number of nitrogens with zero attached hydrogens (tertiary/aromatic N) is 2. The molecule has 0 radical (unpaired) electrons. The van der Waals surface area contributed by atoms with E-state index in [2.05, 4.69) is 20.9 Å². The maximum atomic E-state index is 12.4. The molecule has 2 heterocycles. The lowest BCUT2D eigenvalue weighted by molar-refractivity contribution is -0.252. The van der Waals surface area contributed by atoms with Crippen LogP contribution in [0.2, 0.25) is 0 Å². The molecule has 1 saturated heterocycles. The maximum Gasteiger partial charge on any atom is 0.251 e. The van der Waals surface area contributed by atoms with E-state index in [0.29, 0.717) is 25.1 Å². The van der Waals surface area contributed by atoms with Crippen molar-refractivity contribution >= 4 is 16.9 Å². The molecule has 6 rings (SSSR count). The Kier molecular flexibility index (Phi) is 7.68. The number of amides is 1. The summed E-state index contributed by atoms with van der Waals surface area (Å²) in [6.07, 6.45) is 1.72. The highest BCUT2D eigenvalue weighted by Crippen LogP contribution is 2.38. The lowest BCUT2D eigenvalue weighted by atomic mass is 9.99. The minimum Gasteiger partial charge on any atom is -0.392 e. The third kappa shape index (κ3) is 5.82. The van der Waals surface area contributed by atoms with Crippen molar-refractivity contribution in [2.45, 2.75) is 44.6 Å². The molecule has 40 heavy (non-hydrogen) atoms. The number of carbonyl (C=O) groups excluding carboxylic acids is 1. The Bertz CT molecular complexity index is 1570. The van der Waals surface area contributed by atoms with Gasteiger partial charge in [0.25, 0.3) is 5.91 Å². The first-order valence-electron chi connectivity index (χ1n) is 13.5. The average Bonchev–Trinajstić information content (AvgIpc) is 3.43. The molecule has 0 unspecified atom stereocenters. The molecular formula is C33H31N3O4. The van der Waals surface area contributed by atoms with Crippen LogP contribution in [0.15, 0.2) is 109 Å². The van der Waals surface area contributed by atoms with Crippen molar-refractivity contribution in [3.63, 3.8) is 0 Å². The lowest BCUT2D eigenvalue weighted by Gasteiger charge is -2.36. The van der Waals surface area contributed by atoms with Gasteiger partial charge < -0.3 is 24.5 Å². The van der Waals surface area contributed by atoms with Crippen molar-refractivity contribution in [1.29, 1.82) is 0 Å². The topological polar surface area (TPSA) is 85.6 Å². The van der Waals surface area contributed by atoms with Crippen LogP contribution in [-0.2, 0) is 29.2 Å². The third-order valence-electron chi connectivity index (χ3n) is 7.28. The van der Waals surface area contributed by atoms with Crippen LogP contribution >= 0.6 is 0 Å². The Hall–Kier alpha value is -4.30. The number of ether oxygens (including phenoxy) is 2. The number of benzene rings is 4. The summed E-state index contributed by atoms with van der Waals surface area (Å²) in [5.41, 5.74) is 6.47. The minimum atomic E-state index is -0.552. The maximum absolute atomic E-state index is 12.4. The zero-order valence-corrected chi connectivity index (χ0v) is 22.0. The van der Waals surface area contributed by atoms with Crippen LogP contribution in [0.5, 0.6) is 0 Å². The molecule has 5 aromatic rings. The first-order chi connectivity index (χ1) is 19.7. The van der Waals surface area contributed by atoms with E-state index < -0.39 is 6.29 Å². The highest BCUT2D eigenvalue weighted by Gasteiger charge is 2.32. The number of carbonyl (C=O) groups is 1. The van der Waals surface area contributed by atoms with E-state index in [1.807, 2.05) is 91.3 Å². The summed E-state index contributed by atoms with van der Waals surface area (Å²) in [7, 11) is 0. The molecule has 4 aromatic carbocycles. The highest BCUT2D eigenvalue weighted by atomic mass is 16.7. The standard InChI is InChI=1S/C33H31N3O4/c37-21-24-12-14-25(15-13-24)31-18-28(20-36-22-35-29-8-4-5-9-30(29)36)39-33(40-31)27-16-10-23(11-17-27)19-34-32(38)26-6-2-1-3-7-26/h1-17,22,28,31,33,37H,18-21H2,(H,34,38)/t28-,31+,33+/m1/s1. The molecule has 0 saturated carbocycles. The van der Waals surface area contributed by atoms with E-state index in [1.54, 1.807) is 12.1 Å². The van der Waals surface area contributed by atoms with Gasteiger partial charge in [-0.25, -0.2) is 4.98 Å². The van der Waals surface area contributed by atoms with Crippen molar-refractivity contribution in [2.75, 3.05) is 0 Å². The summed E-state index contributed by atoms with van der Waals surface area (Å²) >= 11 is 0. The van der Waals surface area contributed by atoms with Gasteiger partial charge in [0.05, 0.1) is 42.7 Å². The largest absolute Gasteiger partial charge is 0.392 e. The fraction of sp³-hybridized carbons (Fsp3) is 0.212. The number of imidazole rings is 1. The van der Waals surface area contributed by atoms with Crippen LogP contribution in [0.3, 0.4) is 0 Å². The van der Waals surface area contributed by atoms with Crippen molar-refractivity contribution in [2.24, 2.45) is 0 Å². The number of nitrogens with one attached hydrogen (secondary N) is 1. The molecule has 1 aromatic heterocycles. The van der Waals surface area contributed by atoms with Crippen LogP contribution in [0, 0.1) is 0 Å². The molecule has 1 amide bonds. The van der Waals surface area contributed by atoms with Gasteiger partial charge in [0.2, 0.25) is 0 Å². The van der Waals surface area contributed by atoms with Crippen molar-refractivity contribution < 1.29 is 19.4 Å². The molecule has 0 spiro atoms. The number of para-hydroxylation sites is 2. The number of rotatable bonds is 8. The summed E-state index contributed by atoms with van der Waals surface area (Å²) in [6.45, 7) is 1.08. The number of fused-ring (bicyclic) bond motifs is 1. The molecule has 1 aliphatic rings. The molecule has 0 aliphatic carbocycles. The third-order valence-corrected chi connectivity index (χ3v) is 7.28.